The minimum absolute atomic E-state index is 0.120. The van der Waals surface area contributed by atoms with Gasteiger partial charge in [0.1, 0.15) is 0 Å². The lowest BCUT2D eigenvalue weighted by molar-refractivity contribution is 0.218. The second-order valence-electron chi connectivity index (χ2n) is 5.00. The average molecular weight is 222 g/mol. The van der Waals surface area contributed by atoms with E-state index in [0.717, 1.165) is 6.42 Å². The third kappa shape index (κ3) is 2.06. The van der Waals surface area contributed by atoms with E-state index in [4.69, 9.17) is 0 Å². The molecule has 0 radical (unpaired) electrons. The fraction of sp³-hybridized carbons (Fsp3) is 0.538. The van der Waals surface area contributed by atoms with Gasteiger partial charge in [0, 0.05) is 15.6 Å². The van der Waals surface area contributed by atoms with E-state index in [1.807, 2.05) is 11.8 Å². The fourth-order valence-electron chi connectivity index (χ4n) is 1.93. The van der Waals surface area contributed by atoms with Gasteiger partial charge in [-0.05, 0) is 23.6 Å². The number of hydrogen-bond donors (Lipinski definition) is 1. The minimum atomic E-state index is -0.120. The standard InChI is InChI=1S/C13H18OS/c1-9-6-10-7-11(13(2,3)8-14)4-5-12(10)15-9/h4-5,7,9,14H,6,8H2,1-3H3. The molecule has 1 aromatic carbocycles. The summed E-state index contributed by atoms with van der Waals surface area (Å²) in [6.45, 7) is 6.64. The van der Waals surface area contributed by atoms with Crippen LogP contribution in [0.1, 0.15) is 31.9 Å². The van der Waals surface area contributed by atoms with Gasteiger partial charge in [-0.25, -0.2) is 0 Å². The van der Waals surface area contributed by atoms with Crippen molar-refractivity contribution in [1.29, 1.82) is 0 Å². The predicted octanol–water partition coefficient (Wildman–Crippen LogP) is 2.99. The Kier molecular flexibility index (Phi) is 2.82. The number of aliphatic hydroxyl groups is 1. The Balaban J connectivity index is 2.35. The van der Waals surface area contributed by atoms with Crippen molar-refractivity contribution in [3.8, 4) is 0 Å². The molecule has 1 aliphatic heterocycles. The summed E-state index contributed by atoms with van der Waals surface area (Å²) in [5.74, 6) is 0. The van der Waals surface area contributed by atoms with E-state index in [0.29, 0.717) is 5.25 Å². The lowest BCUT2D eigenvalue weighted by atomic mass is 9.84. The quantitative estimate of drug-likeness (QED) is 0.830. The number of benzene rings is 1. The molecule has 1 heterocycles. The number of rotatable bonds is 2. The van der Waals surface area contributed by atoms with Gasteiger partial charge >= 0.3 is 0 Å². The second-order valence-corrected chi connectivity index (χ2v) is 6.48. The molecule has 1 aliphatic rings. The Labute approximate surface area is 95.9 Å². The molecule has 15 heavy (non-hydrogen) atoms. The van der Waals surface area contributed by atoms with Gasteiger partial charge in [-0.2, -0.15) is 0 Å². The molecule has 0 saturated carbocycles. The highest BCUT2D eigenvalue weighted by Gasteiger charge is 2.23. The van der Waals surface area contributed by atoms with Gasteiger partial charge in [0.05, 0.1) is 6.61 Å². The fourth-order valence-corrected chi connectivity index (χ4v) is 3.07. The molecule has 0 fully saturated rings. The molecular weight excluding hydrogens is 204 g/mol. The Hall–Kier alpha value is -0.470. The molecule has 0 spiro atoms. The summed E-state index contributed by atoms with van der Waals surface area (Å²) in [5.41, 5.74) is 2.58. The van der Waals surface area contributed by atoms with Crippen molar-refractivity contribution in [1.82, 2.24) is 0 Å². The number of aliphatic hydroxyl groups excluding tert-OH is 1. The largest absolute Gasteiger partial charge is 0.395 e. The molecule has 1 N–H and O–H groups in total. The summed E-state index contributed by atoms with van der Waals surface area (Å²) in [4.78, 5) is 1.42. The monoisotopic (exact) mass is 222 g/mol. The minimum Gasteiger partial charge on any atom is -0.395 e. The van der Waals surface area contributed by atoms with Crippen LogP contribution >= 0.6 is 11.8 Å². The maximum Gasteiger partial charge on any atom is 0.0522 e. The highest BCUT2D eigenvalue weighted by atomic mass is 32.2. The average Bonchev–Trinajstić information content (AvgIpc) is 2.56. The first-order valence-corrected chi connectivity index (χ1v) is 6.32. The molecular formula is C13H18OS. The molecule has 1 unspecified atom stereocenters. The van der Waals surface area contributed by atoms with E-state index in [1.54, 1.807) is 0 Å². The van der Waals surface area contributed by atoms with Crippen LogP contribution in [-0.4, -0.2) is 17.0 Å². The van der Waals surface area contributed by atoms with Crippen molar-refractivity contribution in [3.63, 3.8) is 0 Å². The molecule has 0 aromatic heterocycles. The summed E-state index contributed by atoms with van der Waals surface area (Å²) < 4.78 is 0. The van der Waals surface area contributed by atoms with Gasteiger partial charge in [-0.3, -0.25) is 0 Å². The van der Waals surface area contributed by atoms with E-state index in [9.17, 15) is 5.11 Å². The zero-order valence-electron chi connectivity index (χ0n) is 9.58. The number of fused-ring (bicyclic) bond motifs is 1. The first-order chi connectivity index (χ1) is 7.03. The van der Waals surface area contributed by atoms with Crippen molar-refractivity contribution in [2.24, 2.45) is 0 Å². The van der Waals surface area contributed by atoms with Crippen LogP contribution in [0.4, 0.5) is 0 Å². The van der Waals surface area contributed by atoms with E-state index >= 15 is 0 Å². The summed E-state index contributed by atoms with van der Waals surface area (Å²) in [6.07, 6.45) is 1.16. The first kappa shape index (κ1) is 11.0. The van der Waals surface area contributed by atoms with Crippen LogP contribution in [0.25, 0.3) is 0 Å². The number of hydrogen-bond acceptors (Lipinski definition) is 2. The van der Waals surface area contributed by atoms with Crippen LogP contribution in [-0.2, 0) is 11.8 Å². The lowest BCUT2D eigenvalue weighted by Gasteiger charge is -2.22. The van der Waals surface area contributed by atoms with Crippen LogP contribution in [0.15, 0.2) is 23.1 Å². The number of thioether (sulfide) groups is 1. The van der Waals surface area contributed by atoms with Crippen molar-refractivity contribution >= 4 is 11.8 Å². The van der Waals surface area contributed by atoms with E-state index in [2.05, 4.69) is 39.0 Å². The predicted molar refractivity (Wildman–Crippen MR) is 65.6 cm³/mol. The maximum atomic E-state index is 9.34. The third-order valence-corrected chi connectivity index (χ3v) is 4.29. The van der Waals surface area contributed by atoms with Crippen molar-refractivity contribution in [3.05, 3.63) is 29.3 Å². The summed E-state index contributed by atoms with van der Waals surface area (Å²) in [6, 6.07) is 6.62. The second kappa shape index (κ2) is 3.84. The summed E-state index contributed by atoms with van der Waals surface area (Å²) >= 11 is 1.96. The topological polar surface area (TPSA) is 20.2 Å². The molecule has 2 rings (SSSR count). The van der Waals surface area contributed by atoms with Crippen LogP contribution in [0.3, 0.4) is 0 Å². The molecule has 0 amide bonds. The van der Waals surface area contributed by atoms with E-state index in [1.165, 1.54) is 16.0 Å². The zero-order chi connectivity index (χ0) is 11.1. The van der Waals surface area contributed by atoms with Gasteiger partial charge in [0.25, 0.3) is 0 Å². The molecule has 0 saturated heterocycles. The highest BCUT2D eigenvalue weighted by molar-refractivity contribution is 8.00. The summed E-state index contributed by atoms with van der Waals surface area (Å²) in [5, 5.41) is 10.0. The maximum absolute atomic E-state index is 9.34. The Bertz CT molecular complexity index is 371. The van der Waals surface area contributed by atoms with E-state index in [-0.39, 0.29) is 12.0 Å². The Morgan fingerprint density at radius 2 is 2.20 bits per heavy atom. The molecule has 0 aliphatic carbocycles. The normalized spacial score (nSPS) is 20.4. The molecule has 2 heteroatoms. The zero-order valence-corrected chi connectivity index (χ0v) is 10.4. The molecule has 82 valence electrons. The SMILES string of the molecule is CC1Cc2cc(C(C)(C)CO)ccc2S1. The first-order valence-electron chi connectivity index (χ1n) is 5.44. The summed E-state index contributed by atoms with van der Waals surface area (Å²) in [7, 11) is 0. The van der Waals surface area contributed by atoms with Crippen LogP contribution < -0.4 is 0 Å². The van der Waals surface area contributed by atoms with Gasteiger partial charge in [0.2, 0.25) is 0 Å². The van der Waals surface area contributed by atoms with Crippen molar-refractivity contribution < 1.29 is 5.11 Å². The Morgan fingerprint density at radius 3 is 2.87 bits per heavy atom. The van der Waals surface area contributed by atoms with Crippen LogP contribution in [0.2, 0.25) is 0 Å². The van der Waals surface area contributed by atoms with E-state index < -0.39 is 0 Å². The van der Waals surface area contributed by atoms with Crippen molar-refractivity contribution in [2.75, 3.05) is 6.61 Å². The molecule has 1 aromatic rings. The lowest BCUT2D eigenvalue weighted by Crippen LogP contribution is -2.22. The van der Waals surface area contributed by atoms with Gasteiger partial charge in [0.15, 0.2) is 0 Å². The highest BCUT2D eigenvalue weighted by Crippen LogP contribution is 2.38. The van der Waals surface area contributed by atoms with Crippen LogP contribution in [0, 0.1) is 0 Å². The molecule has 1 nitrogen and oxygen atoms in total. The third-order valence-electron chi connectivity index (χ3n) is 3.07. The molecule has 1 atom stereocenters. The Morgan fingerprint density at radius 1 is 1.47 bits per heavy atom. The van der Waals surface area contributed by atoms with Crippen molar-refractivity contribution in [2.45, 2.75) is 42.8 Å². The van der Waals surface area contributed by atoms with Crippen LogP contribution in [0.5, 0.6) is 0 Å². The smallest absolute Gasteiger partial charge is 0.0522 e. The van der Waals surface area contributed by atoms with Gasteiger partial charge < -0.3 is 5.11 Å². The molecule has 0 bridgehead atoms. The van der Waals surface area contributed by atoms with Gasteiger partial charge in [-0.1, -0.05) is 32.9 Å². The van der Waals surface area contributed by atoms with Gasteiger partial charge in [-0.15, -0.1) is 11.8 Å².